The summed E-state index contributed by atoms with van der Waals surface area (Å²) in [7, 11) is 1.22. The summed E-state index contributed by atoms with van der Waals surface area (Å²) in [4.78, 5) is 64.1. The molecule has 2 saturated carbocycles. The first-order valence-electron chi connectivity index (χ1n) is 20.3. The first kappa shape index (κ1) is 42.2. The summed E-state index contributed by atoms with van der Waals surface area (Å²) in [5.41, 5.74) is 4.74. The molecule has 0 bridgehead atoms. The molecule has 0 radical (unpaired) electrons. The standard InChI is InChI=1S/C46H56O10/c1-4-6-31-8-12-33(13-9-31)16-28-42(47)53-37-22-18-35(19-23-37)44(49)55-39-26-27-41(40(30-39)46(51)52-3)56-45(50)36-20-24-38(25-21-36)54-43(48)29-17-34-14-10-32(7-5-2)11-15-34/h8-15,26-27,30,35-38H,4-7,16-25,28-29H2,1-3H3. The molecule has 0 amide bonds. The summed E-state index contributed by atoms with van der Waals surface area (Å²) in [6.45, 7) is 4.30. The van der Waals surface area contributed by atoms with Gasteiger partial charge in [0.15, 0.2) is 0 Å². The Kier molecular flexibility index (Phi) is 16.1. The van der Waals surface area contributed by atoms with Gasteiger partial charge in [-0.3, -0.25) is 19.2 Å². The Labute approximate surface area is 330 Å². The lowest BCUT2D eigenvalue weighted by molar-refractivity contribution is -0.153. The third-order valence-electron chi connectivity index (χ3n) is 10.8. The van der Waals surface area contributed by atoms with Gasteiger partial charge in [-0.25, -0.2) is 4.79 Å². The predicted octanol–water partition coefficient (Wildman–Crippen LogP) is 8.66. The van der Waals surface area contributed by atoms with Crippen molar-refractivity contribution in [3.8, 4) is 11.5 Å². The first-order chi connectivity index (χ1) is 27.1. The van der Waals surface area contributed by atoms with Crippen molar-refractivity contribution in [2.75, 3.05) is 7.11 Å². The highest BCUT2D eigenvalue weighted by Gasteiger charge is 2.32. The van der Waals surface area contributed by atoms with Crippen LogP contribution >= 0.6 is 0 Å². The molecule has 2 aliphatic carbocycles. The number of methoxy groups -OCH3 is 1. The van der Waals surface area contributed by atoms with Gasteiger partial charge in [0, 0.05) is 12.8 Å². The predicted molar refractivity (Wildman–Crippen MR) is 210 cm³/mol. The average molecular weight is 769 g/mol. The summed E-state index contributed by atoms with van der Waals surface area (Å²) in [5.74, 6) is -2.84. The zero-order chi connectivity index (χ0) is 39.9. The Hall–Kier alpha value is -4.99. The van der Waals surface area contributed by atoms with E-state index < -0.39 is 23.8 Å². The fourth-order valence-corrected chi connectivity index (χ4v) is 7.46. The molecule has 56 heavy (non-hydrogen) atoms. The lowest BCUT2D eigenvalue weighted by Crippen LogP contribution is -2.30. The van der Waals surface area contributed by atoms with E-state index in [9.17, 15) is 24.0 Å². The highest BCUT2D eigenvalue weighted by atomic mass is 16.6. The molecule has 2 aliphatic rings. The fraction of sp³-hybridized carbons (Fsp3) is 0.500. The Bertz CT molecular complexity index is 1760. The average Bonchev–Trinajstić information content (AvgIpc) is 3.21. The number of hydrogen-bond acceptors (Lipinski definition) is 10. The second-order valence-electron chi connectivity index (χ2n) is 15.1. The molecular weight excluding hydrogens is 712 g/mol. The molecule has 0 atom stereocenters. The van der Waals surface area contributed by atoms with Crippen molar-refractivity contribution in [2.45, 2.75) is 129 Å². The number of carbonyl (C=O) groups excluding carboxylic acids is 5. The Balaban J connectivity index is 1.03. The molecule has 300 valence electrons. The van der Waals surface area contributed by atoms with E-state index >= 15 is 0 Å². The maximum absolute atomic E-state index is 13.2. The molecule has 5 rings (SSSR count). The molecule has 0 aromatic heterocycles. The van der Waals surface area contributed by atoms with Crippen LogP contribution in [0.1, 0.15) is 124 Å². The molecule has 3 aromatic rings. The third-order valence-corrected chi connectivity index (χ3v) is 10.8. The number of aryl methyl sites for hydroxylation is 4. The molecular formula is C46H56O10. The van der Waals surface area contributed by atoms with E-state index in [4.69, 9.17) is 23.7 Å². The minimum Gasteiger partial charge on any atom is -0.465 e. The van der Waals surface area contributed by atoms with Gasteiger partial charge in [0.2, 0.25) is 0 Å². The summed E-state index contributed by atoms with van der Waals surface area (Å²) in [6.07, 6.45) is 9.74. The van der Waals surface area contributed by atoms with Crippen molar-refractivity contribution in [1.82, 2.24) is 0 Å². The van der Waals surface area contributed by atoms with E-state index in [-0.39, 0.29) is 47.1 Å². The molecule has 2 fully saturated rings. The van der Waals surface area contributed by atoms with Crippen molar-refractivity contribution >= 4 is 29.8 Å². The number of benzene rings is 3. The van der Waals surface area contributed by atoms with Crippen molar-refractivity contribution in [2.24, 2.45) is 11.8 Å². The van der Waals surface area contributed by atoms with Gasteiger partial charge in [0.1, 0.15) is 29.3 Å². The van der Waals surface area contributed by atoms with E-state index in [1.165, 1.54) is 36.4 Å². The Morgan fingerprint density at radius 3 is 1.36 bits per heavy atom. The summed E-state index contributed by atoms with van der Waals surface area (Å²) in [5, 5.41) is 0. The topological polar surface area (TPSA) is 132 Å². The van der Waals surface area contributed by atoms with Gasteiger partial charge < -0.3 is 23.7 Å². The fourth-order valence-electron chi connectivity index (χ4n) is 7.46. The largest absolute Gasteiger partial charge is 0.465 e. The van der Waals surface area contributed by atoms with Gasteiger partial charge in [-0.05, 0) is 118 Å². The second-order valence-corrected chi connectivity index (χ2v) is 15.1. The number of esters is 5. The van der Waals surface area contributed by atoms with Gasteiger partial charge >= 0.3 is 29.8 Å². The van der Waals surface area contributed by atoms with Crippen LogP contribution in [0.3, 0.4) is 0 Å². The van der Waals surface area contributed by atoms with Gasteiger partial charge in [-0.15, -0.1) is 0 Å². The summed E-state index contributed by atoms with van der Waals surface area (Å²) >= 11 is 0. The van der Waals surface area contributed by atoms with E-state index in [1.807, 2.05) is 0 Å². The van der Waals surface area contributed by atoms with Gasteiger partial charge in [0.25, 0.3) is 0 Å². The summed E-state index contributed by atoms with van der Waals surface area (Å²) < 4.78 is 27.7. The lowest BCUT2D eigenvalue weighted by atomic mass is 9.87. The molecule has 10 nitrogen and oxygen atoms in total. The molecule has 0 saturated heterocycles. The zero-order valence-corrected chi connectivity index (χ0v) is 33.1. The number of ether oxygens (including phenoxy) is 5. The molecule has 0 aliphatic heterocycles. The van der Waals surface area contributed by atoms with Crippen LogP contribution in [-0.4, -0.2) is 49.2 Å². The molecule has 0 spiro atoms. The van der Waals surface area contributed by atoms with Gasteiger partial charge in [-0.1, -0.05) is 75.2 Å². The van der Waals surface area contributed by atoms with Crippen molar-refractivity contribution in [3.05, 3.63) is 94.5 Å². The van der Waals surface area contributed by atoms with Crippen LogP contribution in [-0.2, 0) is 59.1 Å². The number of rotatable bonds is 17. The van der Waals surface area contributed by atoms with Crippen LogP contribution in [0, 0.1) is 11.8 Å². The van der Waals surface area contributed by atoms with Crippen molar-refractivity contribution in [1.29, 1.82) is 0 Å². The highest BCUT2D eigenvalue weighted by Crippen LogP contribution is 2.33. The van der Waals surface area contributed by atoms with Crippen molar-refractivity contribution < 1.29 is 47.7 Å². The maximum atomic E-state index is 13.2. The third kappa shape index (κ3) is 12.8. The molecule has 0 heterocycles. The van der Waals surface area contributed by atoms with Crippen LogP contribution in [0.15, 0.2) is 66.7 Å². The molecule has 0 unspecified atom stereocenters. The van der Waals surface area contributed by atoms with Crippen LogP contribution in [0.5, 0.6) is 11.5 Å². The molecule has 3 aromatic carbocycles. The smallest absolute Gasteiger partial charge is 0.341 e. The van der Waals surface area contributed by atoms with Gasteiger partial charge in [0.05, 0.1) is 18.9 Å². The Morgan fingerprint density at radius 1 is 0.536 bits per heavy atom. The number of hydrogen-bond donors (Lipinski definition) is 0. The van der Waals surface area contributed by atoms with Gasteiger partial charge in [-0.2, -0.15) is 0 Å². The maximum Gasteiger partial charge on any atom is 0.341 e. The number of carbonyl (C=O) groups is 5. The van der Waals surface area contributed by atoms with E-state index in [0.29, 0.717) is 77.0 Å². The van der Waals surface area contributed by atoms with Crippen molar-refractivity contribution in [3.63, 3.8) is 0 Å². The zero-order valence-electron chi connectivity index (χ0n) is 33.1. The van der Waals surface area contributed by atoms with Crippen LogP contribution in [0.4, 0.5) is 0 Å². The van der Waals surface area contributed by atoms with E-state index in [1.54, 1.807) is 0 Å². The van der Waals surface area contributed by atoms with Crippen LogP contribution in [0.25, 0.3) is 0 Å². The first-order valence-corrected chi connectivity index (χ1v) is 20.3. The molecule has 0 N–H and O–H groups in total. The minimum absolute atomic E-state index is 0.00811. The SMILES string of the molecule is CCCc1ccc(CCC(=O)OC2CCC(C(=O)Oc3ccc(OC(=O)C4CCC(OC(=O)CCc5ccc(CCC)cc5)CC4)c(C(=O)OC)c3)CC2)cc1. The minimum atomic E-state index is -0.742. The molecule has 10 heteroatoms. The lowest BCUT2D eigenvalue weighted by Gasteiger charge is -2.27. The summed E-state index contributed by atoms with van der Waals surface area (Å²) in [6, 6.07) is 20.9. The highest BCUT2D eigenvalue weighted by molar-refractivity contribution is 5.94. The van der Waals surface area contributed by atoms with E-state index in [0.717, 1.165) is 36.8 Å². The monoisotopic (exact) mass is 768 g/mol. The second kappa shape index (κ2) is 21.3. The van der Waals surface area contributed by atoms with Crippen LogP contribution in [0.2, 0.25) is 0 Å². The van der Waals surface area contributed by atoms with Crippen LogP contribution < -0.4 is 9.47 Å². The normalized spacial score (nSPS) is 19.3. The van der Waals surface area contributed by atoms with E-state index in [2.05, 4.69) is 62.4 Å². The Morgan fingerprint density at radius 2 is 0.946 bits per heavy atom. The quantitative estimate of drug-likeness (QED) is 0.0747.